The number of methoxy groups -OCH3 is 1. The number of hydrogen-bond acceptors (Lipinski definition) is 4. The SMILES string of the molecule is COCC(=O)Nc1cc(C(=O)O)c2c(c1)ncn2CCc1ccccc1. The number of carboxylic acid groups (broad SMARTS) is 1. The average Bonchev–Trinajstić information content (AvgIpc) is 3.03. The van der Waals surface area contributed by atoms with E-state index in [0.29, 0.717) is 23.3 Å². The zero-order valence-electron chi connectivity index (χ0n) is 14.3. The Morgan fingerprint density at radius 2 is 2.00 bits per heavy atom. The fraction of sp³-hybridized carbons (Fsp3) is 0.211. The number of fused-ring (bicyclic) bond motifs is 1. The summed E-state index contributed by atoms with van der Waals surface area (Å²) in [7, 11) is 1.42. The maximum absolute atomic E-state index is 11.7. The van der Waals surface area contributed by atoms with Crippen LogP contribution in [0.1, 0.15) is 15.9 Å². The molecule has 0 unspecified atom stereocenters. The normalized spacial score (nSPS) is 10.8. The number of nitrogens with one attached hydrogen (secondary N) is 1. The van der Waals surface area contributed by atoms with Crippen LogP contribution in [0.3, 0.4) is 0 Å². The quantitative estimate of drug-likeness (QED) is 0.681. The van der Waals surface area contributed by atoms with Crippen molar-refractivity contribution in [1.82, 2.24) is 9.55 Å². The van der Waals surface area contributed by atoms with E-state index in [1.807, 2.05) is 34.9 Å². The topological polar surface area (TPSA) is 93.4 Å². The van der Waals surface area contributed by atoms with Crippen LogP contribution in [0.15, 0.2) is 48.8 Å². The smallest absolute Gasteiger partial charge is 0.337 e. The van der Waals surface area contributed by atoms with Gasteiger partial charge in [0.25, 0.3) is 0 Å². The van der Waals surface area contributed by atoms with Crippen LogP contribution in [0, 0.1) is 0 Å². The maximum atomic E-state index is 11.7. The lowest BCUT2D eigenvalue weighted by atomic mass is 10.1. The van der Waals surface area contributed by atoms with Gasteiger partial charge in [-0.3, -0.25) is 4.79 Å². The van der Waals surface area contributed by atoms with Crippen molar-refractivity contribution in [2.45, 2.75) is 13.0 Å². The summed E-state index contributed by atoms with van der Waals surface area (Å²) < 4.78 is 6.60. The summed E-state index contributed by atoms with van der Waals surface area (Å²) in [5.41, 5.74) is 2.70. The first-order valence-corrected chi connectivity index (χ1v) is 8.13. The molecule has 2 N–H and O–H groups in total. The summed E-state index contributed by atoms with van der Waals surface area (Å²) in [6.07, 6.45) is 2.39. The van der Waals surface area contributed by atoms with Gasteiger partial charge < -0.3 is 19.7 Å². The second-order valence-electron chi connectivity index (χ2n) is 5.85. The summed E-state index contributed by atoms with van der Waals surface area (Å²) in [6.45, 7) is 0.502. The fourth-order valence-corrected chi connectivity index (χ4v) is 2.84. The number of carboxylic acids is 1. The molecule has 134 valence electrons. The van der Waals surface area contributed by atoms with Gasteiger partial charge in [0.15, 0.2) is 0 Å². The van der Waals surface area contributed by atoms with Gasteiger partial charge in [0.05, 0.1) is 22.9 Å². The summed E-state index contributed by atoms with van der Waals surface area (Å²) in [5.74, 6) is -1.42. The van der Waals surface area contributed by atoms with E-state index in [0.717, 1.165) is 12.0 Å². The fourth-order valence-electron chi connectivity index (χ4n) is 2.84. The number of hydrogen-bond donors (Lipinski definition) is 2. The molecule has 0 fully saturated rings. The molecule has 0 aliphatic rings. The molecule has 0 saturated heterocycles. The molecule has 7 nitrogen and oxygen atoms in total. The zero-order valence-corrected chi connectivity index (χ0v) is 14.3. The monoisotopic (exact) mass is 353 g/mol. The molecule has 3 rings (SSSR count). The number of anilines is 1. The molecule has 0 radical (unpaired) electrons. The second-order valence-corrected chi connectivity index (χ2v) is 5.85. The van der Waals surface area contributed by atoms with Crippen LogP contribution >= 0.6 is 0 Å². The van der Waals surface area contributed by atoms with Crippen molar-refractivity contribution in [1.29, 1.82) is 0 Å². The van der Waals surface area contributed by atoms with Crippen LogP contribution in [0.4, 0.5) is 5.69 Å². The largest absolute Gasteiger partial charge is 0.478 e. The van der Waals surface area contributed by atoms with Crippen molar-refractivity contribution in [3.63, 3.8) is 0 Å². The Kier molecular flexibility index (Phi) is 5.28. The first-order chi connectivity index (χ1) is 12.6. The molecule has 1 aromatic heterocycles. The van der Waals surface area contributed by atoms with E-state index >= 15 is 0 Å². The Morgan fingerprint density at radius 3 is 2.69 bits per heavy atom. The highest BCUT2D eigenvalue weighted by molar-refractivity contribution is 6.04. The molecule has 7 heteroatoms. The number of carbonyl (C=O) groups is 2. The Bertz CT molecular complexity index is 935. The highest BCUT2D eigenvalue weighted by atomic mass is 16.5. The lowest BCUT2D eigenvalue weighted by Gasteiger charge is -2.10. The zero-order chi connectivity index (χ0) is 18.5. The van der Waals surface area contributed by atoms with E-state index in [9.17, 15) is 14.7 Å². The van der Waals surface area contributed by atoms with E-state index < -0.39 is 5.97 Å². The van der Waals surface area contributed by atoms with E-state index in [1.54, 1.807) is 12.4 Å². The summed E-state index contributed by atoms with van der Waals surface area (Å²) in [5, 5.41) is 12.2. The molecule has 3 aromatic rings. The number of rotatable bonds is 7. The summed E-state index contributed by atoms with van der Waals surface area (Å²) in [6, 6.07) is 13.1. The average molecular weight is 353 g/mol. The predicted molar refractivity (Wildman–Crippen MR) is 97.3 cm³/mol. The van der Waals surface area contributed by atoms with Crippen LogP contribution in [0.5, 0.6) is 0 Å². The molecule has 1 amide bonds. The highest BCUT2D eigenvalue weighted by Crippen LogP contribution is 2.24. The molecular weight excluding hydrogens is 334 g/mol. The minimum Gasteiger partial charge on any atom is -0.478 e. The molecule has 0 bridgehead atoms. The van der Waals surface area contributed by atoms with Crippen molar-refractivity contribution in [2.75, 3.05) is 19.0 Å². The van der Waals surface area contributed by atoms with E-state index in [2.05, 4.69) is 10.3 Å². The molecule has 0 aliphatic carbocycles. The van der Waals surface area contributed by atoms with Crippen LogP contribution in [0.2, 0.25) is 0 Å². The van der Waals surface area contributed by atoms with E-state index in [4.69, 9.17) is 4.74 Å². The van der Waals surface area contributed by atoms with Crippen molar-refractivity contribution >= 4 is 28.6 Å². The van der Waals surface area contributed by atoms with Gasteiger partial charge in [-0.1, -0.05) is 30.3 Å². The van der Waals surface area contributed by atoms with Gasteiger partial charge in [-0.05, 0) is 24.1 Å². The van der Waals surface area contributed by atoms with E-state index in [1.165, 1.54) is 13.2 Å². The third-order valence-corrected chi connectivity index (χ3v) is 3.99. The van der Waals surface area contributed by atoms with Crippen molar-refractivity contribution < 1.29 is 19.4 Å². The number of carbonyl (C=O) groups excluding carboxylic acids is 1. The van der Waals surface area contributed by atoms with Crippen molar-refractivity contribution in [3.05, 3.63) is 59.9 Å². The minimum atomic E-state index is -1.07. The molecule has 2 aromatic carbocycles. The lowest BCUT2D eigenvalue weighted by Crippen LogP contribution is -2.17. The van der Waals surface area contributed by atoms with Crippen LogP contribution in [-0.4, -0.2) is 40.3 Å². The van der Waals surface area contributed by atoms with Gasteiger partial charge in [-0.2, -0.15) is 0 Å². The van der Waals surface area contributed by atoms with Crippen molar-refractivity contribution in [2.24, 2.45) is 0 Å². The minimum absolute atomic E-state index is 0.0979. The number of ether oxygens (including phenoxy) is 1. The third kappa shape index (κ3) is 3.89. The third-order valence-electron chi connectivity index (χ3n) is 3.99. The lowest BCUT2D eigenvalue weighted by molar-refractivity contribution is -0.119. The first kappa shape index (κ1) is 17.6. The molecule has 0 aliphatic heterocycles. The van der Waals surface area contributed by atoms with Gasteiger partial charge in [0.1, 0.15) is 6.61 Å². The summed E-state index contributed by atoms with van der Waals surface area (Å²) >= 11 is 0. The molecule has 0 saturated carbocycles. The number of imidazole rings is 1. The highest BCUT2D eigenvalue weighted by Gasteiger charge is 2.16. The van der Waals surface area contributed by atoms with Crippen LogP contribution in [0.25, 0.3) is 11.0 Å². The van der Waals surface area contributed by atoms with Crippen LogP contribution < -0.4 is 5.32 Å². The number of aromatic nitrogens is 2. The van der Waals surface area contributed by atoms with Gasteiger partial charge in [0, 0.05) is 19.3 Å². The number of amides is 1. The Hall–Kier alpha value is -3.19. The maximum Gasteiger partial charge on any atom is 0.337 e. The van der Waals surface area contributed by atoms with E-state index in [-0.39, 0.29) is 18.1 Å². The molecule has 26 heavy (non-hydrogen) atoms. The van der Waals surface area contributed by atoms with Gasteiger partial charge in [0.2, 0.25) is 5.91 Å². The molecule has 1 heterocycles. The number of benzene rings is 2. The Balaban J connectivity index is 1.91. The Morgan fingerprint density at radius 1 is 1.23 bits per heavy atom. The van der Waals surface area contributed by atoms with Crippen LogP contribution in [-0.2, 0) is 22.5 Å². The van der Waals surface area contributed by atoms with Gasteiger partial charge in [-0.15, -0.1) is 0 Å². The molecule has 0 spiro atoms. The second kappa shape index (κ2) is 7.79. The molecular formula is C19H19N3O4. The van der Waals surface area contributed by atoms with Gasteiger partial charge >= 0.3 is 5.97 Å². The standard InChI is InChI=1S/C19H19N3O4/c1-26-11-17(23)21-14-9-15(19(24)25)18-16(10-14)20-12-22(18)8-7-13-5-3-2-4-6-13/h2-6,9-10,12H,7-8,11H2,1H3,(H,21,23)(H,24,25). The Labute approximate surface area is 150 Å². The molecule has 0 atom stereocenters. The first-order valence-electron chi connectivity index (χ1n) is 8.13. The van der Waals surface area contributed by atoms with Crippen molar-refractivity contribution in [3.8, 4) is 0 Å². The predicted octanol–water partition coefficient (Wildman–Crippen LogP) is 2.56. The van der Waals surface area contributed by atoms with Gasteiger partial charge in [-0.25, -0.2) is 9.78 Å². The summed E-state index contributed by atoms with van der Waals surface area (Å²) in [4.78, 5) is 27.7. The number of aromatic carboxylic acids is 1. The number of nitrogens with zero attached hydrogens (tertiary/aromatic N) is 2. The number of aryl methyl sites for hydroxylation is 2.